The van der Waals surface area contributed by atoms with Gasteiger partial charge < -0.3 is 14.5 Å². The first-order chi connectivity index (χ1) is 15.9. The summed E-state index contributed by atoms with van der Waals surface area (Å²) in [4.78, 5) is 26.1. The molecule has 0 N–H and O–H groups in total. The molecular formula is C26H29FN4O2. The van der Waals surface area contributed by atoms with Crippen LogP contribution in [0.4, 0.5) is 10.3 Å². The first-order valence-corrected chi connectivity index (χ1v) is 11.1. The van der Waals surface area contributed by atoms with Crippen LogP contribution in [-0.4, -0.2) is 55.1 Å². The summed E-state index contributed by atoms with van der Waals surface area (Å²) in [5, 5.41) is 0. The van der Waals surface area contributed by atoms with Crippen molar-refractivity contribution in [3.63, 3.8) is 0 Å². The minimum absolute atomic E-state index is 0.0910. The zero-order valence-corrected chi connectivity index (χ0v) is 19.5. The van der Waals surface area contributed by atoms with E-state index in [-0.39, 0.29) is 17.6 Å². The van der Waals surface area contributed by atoms with Crippen molar-refractivity contribution in [1.82, 2.24) is 14.9 Å². The zero-order chi connectivity index (χ0) is 23.5. The topological polar surface area (TPSA) is 58.6 Å². The lowest BCUT2D eigenvalue weighted by Gasteiger charge is -2.20. The number of anilines is 1. The molecule has 172 valence electrons. The molecule has 0 unspecified atom stereocenters. The Labute approximate surface area is 194 Å². The molecule has 0 spiro atoms. The summed E-state index contributed by atoms with van der Waals surface area (Å²) in [6.45, 7) is 3.27. The van der Waals surface area contributed by atoms with Gasteiger partial charge in [-0.2, -0.15) is 0 Å². The van der Waals surface area contributed by atoms with Crippen molar-refractivity contribution in [1.29, 1.82) is 0 Å². The largest absolute Gasteiger partial charge is 0.496 e. The van der Waals surface area contributed by atoms with Crippen LogP contribution in [0, 0.1) is 12.7 Å². The summed E-state index contributed by atoms with van der Waals surface area (Å²) in [5.41, 5.74) is 4.64. The molecule has 7 heteroatoms. The van der Waals surface area contributed by atoms with Crippen molar-refractivity contribution >= 4 is 11.9 Å². The zero-order valence-electron chi connectivity index (χ0n) is 19.5. The summed E-state index contributed by atoms with van der Waals surface area (Å²) in [6, 6.07) is 12.2. The van der Waals surface area contributed by atoms with Gasteiger partial charge in [0.1, 0.15) is 11.6 Å². The van der Waals surface area contributed by atoms with Crippen LogP contribution >= 0.6 is 0 Å². The van der Waals surface area contributed by atoms with Crippen LogP contribution in [0.5, 0.6) is 5.75 Å². The van der Waals surface area contributed by atoms with Crippen LogP contribution in [0.25, 0.3) is 11.1 Å². The summed E-state index contributed by atoms with van der Waals surface area (Å²) in [6.07, 6.45) is 2.98. The second-order valence-corrected chi connectivity index (χ2v) is 8.68. The van der Waals surface area contributed by atoms with E-state index >= 15 is 0 Å². The van der Waals surface area contributed by atoms with Crippen LogP contribution in [0.1, 0.15) is 29.2 Å². The highest BCUT2D eigenvalue weighted by atomic mass is 19.1. The van der Waals surface area contributed by atoms with Crippen molar-refractivity contribution in [3.05, 3.63) is 71.3 Å². The van der Waals surface area contributed by atoms with Crippen LogP contribution < -0.4 is 9.64 Å². The Morgan fingerprint density at radius 2 is 1.97 bits per heavy atom. The molecule has 2 aromatic carbocycles. The number of benzene rings is 2. The number of hydrogen-bond acceptors (Lipinski definition) is 5. The Morgan fingerprint density at radius 3 is 2.64 bits per heavy atom. The highest BCUT2D eigenvalue weighted by molar-refractivity contribution is 5.79. The van der Waals surface area contributed by atoms with E-state index in [9.17, 15) is 9.18 Å². The van der Waals surface area contributed by atoms with Gasteiger partial charge in [-0.15, -0.1) is 0 Å². The molecular weight excluding hydrogens is 419 g/mol. The second-order valence-electron chi connectivity index (χ2n) is 8.68. The fraction of sp³-hybridized carbons (Fsp3) is 0.346. The predicted molar refractivity (Wildman–Crippen MR) is 127 cm³/mol. The maximum atomic E-state index is 13.5. The average Bonchev–Trinajstić information content (AvgIpc) is 3.30. The SMILES string of the molecule is COc1ccc(CC(=O)N2CC[C@@H](c3nc(N(C)C)ncc3-c3ccc(F)cc3)C2)cc1C. The van der Waals surface area contributed by atoms with Crippen molar-refractivity contribution in [2.45, 2.75) is 25.7 Å². The van der Waals surface area contributed by atoms with E-state index in [0.717, 1.165) is 40.1 Å². The third-order valence-corrected chi connectivity index (χ3v) is 6.10. The molecule has 4 rings (SSSR count). The van der Waals surface area contributed by atoms with Crippen molar-refractivity contribution in [2.24, 2.45) is 0 Å². The quantitative estimate of drug-likeness (QED) is 0.565. The number of halogens is 1. The normalized spacial score (nSPS) is 15.5. The number of aromatic nitrogens is 2. The molecule has 6 nitrogen and oxygen atoms in total. The van der Waals surface area contributed by atoms with E-state index in [1.165, 1.54) is 12.1 Å². The monoisotopic (exact) mass is 448 g/mol. The molecule has 0 bridgehead atoms. The van der Waals surface area contributed by atoms with E-state index in [0.29, 0.717) is 25.5 Å². The van der Waals surface area contributed by atoms with Gasteiger partial charge in [0.25, 0.3) is 0 Å². The molecule has 1 aliphatic rings. The summed E-state index contributed by atoms with van der Waals surface area (Å²) in [5.74, 6) is 1.36. The summed E-state index contributed by atoms with van der Waals surface area (Å²) >= 11 is 0. The second kappa shape index (κ2) is 9.57. The maximum absolute atomic E-state index is 13.5. The predicted octanol–water partition coefficient (Wildman–Crippen LogP) is 4.22. The third-order valence-electron chi connectivity index (χ3n) is 6.10. The highest BCUT2D eigenvalue weighted by Crippen LogP contribution is 2.34. The van der Waals surface area contributed by atoms with Crippen molar-refractivity contribution in [2.75, 3.05) is 39.2 Å². The van der Waals surface area contributed by atoms with E-state index in [4.69, 9.17) is 9.72 Å². The van der Waals surface area contributed by atoms with E-state index in [2.05, 4.69) is 4.98 Å². The number of rotatable bonds is 6. The molecule has 1 atom stereocenters. The number of likely N-dealkylation sites (tertiary alicyclic amines) is 1. The third kappa shape index (κ3) is 4.97. The maximum Gasteiger partial charge on any atom is 0.227 e. The Bertz CT molecular complexity index is 1150. The Morgan fingerprint density at radius 1 is 1.21 bits per heavy atom. The standard InChI is InChI=1S/C26H29FN4O2/c1-17-13-18(5-10-23(17)33-4)14-24(32)31-12-11-20(16-31)25-22(15-28-26(29-25)30(2)3)19-6-8-21(27)9-7-19/h5-10,13,15,20H,11-12,14,16H2,1-4H3/t20-/m1/s1. The number of aryl methyl sites for hydroxylation is 1. The lowest BCUT2D eigenvalue weighted by molar-refractivity contribution is -0.129. The molecule has 1 amide bonds. The van der Waals surface area contributed by atoms with Gasteiger partial charge in [-0.05, 0) is 48.2 Å². The molecule has 0 radical (unpaired) electrons. The molecule has 1 saturated heterocycles. The van der Waals surface area contributed by atoms with Crippen LogP contribution in [-0.2, 0) is 11.2 Å². The van der Waals surface area contributed by atoms with Crippen LogP contribution in [0.15, 0.2) is 48.7 Å². The van der Waals surface area contributed by atoms with Gasteiger partial charge in [-0.1, -0.05) is 24.3 Å². The van der Waals surface area contributed by atoms with Gasteiger partial charge in [-0.25, -0.2) is 14.4 Å². The van der Waals surface area contributed by atoms with Crippen molar-refractivity contribution < 1.29 is 13.9 Å². The minimum Gasteiger partial charge on any atom is -0.496 e. The molecule has 1 aliphatic heterocycles. The average molecular weight is 449 g/mol. The number of ether oxygens (including phenoxy) is 1. The van der Waals surface area contributed by atoms with Gasteiger partial charge in [0.15, 0.2) is 0 Å². The first kappa shape index (κ1) is 22.7. The Kier molecular flexibility index (Phi) is 6.58. The number of carbonyl (C=O) groups is 1. The van der Waals surface area contributed by atoms with Crippen LogP contribution in [0.2, 0.25) is 0 Å². The van der Waals surface area contributed by atoms with Gasteiger partial charge in [-0.3, -0.25) is 4.79 Å². The summed E-state index contributed by atoms with van der Waals surface area (Å²) in [7, 11) is 5.45. The van der Waals surface area contributed by atoms with E-state index in [1.807, 2.05) is 49.0 Å². The fourth-order valence-electron chi connectivity index (χ4n) is 4.31. The van der Waals surface area contributed by atoms with Crippen molar-refractivity contribution in [3.8, 4) is 16.9 Å². The van der Waals surface area contributed by atoms with Gasteiger partial charge in [0.2, 0.25) is 11.9 Å². The molecule has 2 heterocycles. The number of methoxy groups -OCH3 is 1. The fourth-order valence-corrected chi connectivity index (χ4v) is 4.31. The number of hydrogen-bond donors (Lipinski definition) is 0. The lowest BCUT2D eigenvalue weighted by atomic mass is 9.96. The molecule has 3 aromatic rings. The molecule has 1 aromatic heterocycles. The number of nitrogens with zero attached hydrogens (tertiary/aromatic N) is 4. The molecule has 33 heavy (non-hydrogen) atoms. The Balaban J connectivity index is 1.55. The molecule has 1 fully saturated rings. The smallest absolute Gasteiger partial charge is 0.227 e. The summed E-state index contributed by atoms with van der Waals surface area (Å²) < 4.78 is 18.8. The van der Waals surface area contributed by atoms with Gasteiger partial charge in [0.05, 0.1) is 19.2 Å². The lowest BCUT2D eigenvalue weighted by Crippen LogP contribution is -2.30. The first-order valence-electron chi connectivity index (χ1n) is 11.1. The number of carbonyl (C=O) groups excluding carboxylic acids is 1. The molecule has 0 saturated carbocycles. The Hall–Kier alpha value is -3.48. The molecule has 0 aliphatic carbocycles. The highest BCUT2D eigenvalue weighted by Gasteiger charge is 2.30. The van der Waals surface area contributed by atoms with Gasteiger partial charge in [0, 0.05) is 44.9 Å². The van der Waals surface area contributed by atoms with E-state index in [1.54, 1.807) is 25.4 Å². The number of amides is 1. The van der Waals surface area contributed by atoms with E-state index < -0.39 is 0 Å². The van der Waals surface area contributed by atoms with Gasteiger partial charge >= 0.3 is 0 Å². The van der Waals surface area contributed by atoms with Crippen LogP contribution in [0.3, 0.4) is 0 Å². The minimum atomic E-state index is -0.280.